The van der Waals surface area contributed by atoms with Crippen molar-refractivity contribution >= 4 is 6.09 Å². The molecule has 2 aliphatic rings. The largest absolute Gasteiger partial charge is 0.493 e. The molecule has 4 rings (SSSR count). The lowest BCUT2D eigenvalue weighted by molar-refractivity contribution is 0.0389. The molecule has 1 aromatic carbocycles. The van der Waals surface area contributed by atoms with Crippen LogP contribution in [0.1, 0.15) is 57.8 Å². The summed E-state index contributed by atoms with van der Waals surface area (Å²) < 4.78 is 17.1. The number of fused-ring (bicyclic) bond motifs is 1. The minimum atomic E-state index is -0.271. The predicted molar refractivity (Wildman–Crippen MR) is 127 cm³/mol. The number of ether oxygens (including phenoxy) is 2. The van der Waals surface area contributed by atoms with Crippen LogP contribution in [0.5, 0.6) is 5.75 Å². The molecule has 0 aliphatic carbocycles. The second kappa shape index (κ2) is 10.6. The van der Waals surface area contributed by atoms with Gasteiger partial charge in [0.2, 0.25) is 0 Å². The zero-order valence-electron chi connectivity index (χ0n) is 20.1. The van der Waals surface area contributed by atoms with Gasteiger partial charge in [0.1, 0.15) is 11.5 Å². The Bertz CT molecular complexity index is 898. The van der Waals surface area contributed by atoms with Crippen molar-refractivity contribution in [3.8, 4) is 5.75 Å². The molecule has 1 aromatic heterocycles. The average molecular weight is 456 g/mol. The third-order valence-electron chi connectivity index (χ3n) is 6.67. The van der Waals surface area contributed by atoms with E-state index < -0.39 is 0 Å². The summed E-state index contributed by atoms with van der Waals surface area (Å²) in [6, 6.07) is 12.4. The minimum absolute atomic E-state index is 0.0617. The van der Waals surface area contributed by atoms with Gasteiger partial charge in [-0.15, -0.1) is 0 Å². The van der Waals surface area contributed by atoms with E-state index in [1.807, 2.05) is 41.3 Å². The number of nitrogens with one attached hydrogen (secondary N) is 2. The molecular formula is C26H37N3O4. The third kappa shape index (κ3) is 5.71. The van der Waals surface area contributed by atoms with E-state index in [4.69, 9.17) is 13.9 Å². The van der Waals surface area contributed by atoms with Crippen LogP contribution in [-0.2, 0) is 11.3 Å². The predicted octanol–water partition coefficient (Wildman–Crippen LogP) is 4.50. The first kappa shape index (κ1) is 23.6. The van der Waals surface area contributed by atoms with Crippen molar-refractivity contribution in [2.24, 2.45) is 5.92 Å². The molecule has 3 heterocycles. The lowest BCUT2D eigenvalue weighted by atomic mass is 9.86. The Labute approximate surface area is 196 Å². The monoisotopic (exact) mass is 455 g/mol. The minimum Gasteiger partial charge on any atom is -0.493 e. The molecule has 33 heavy (non-hydrogen) atoms. The van der Waals surface area contributed by atoms with Crippen molar-refractivity contribution in [2.75, 3.05) is 13.2 Å². The number of rotatable bonds is 8. The Balaban J connectivity index is 1.31. The number of carbonyl (C=O) groups is 1. The number of benzene rings is 1. The molecule has 0 saturated carbocycles. The summed E-state index contributed by atoms with van der Waals surface area (Å²) in [4.78, 5) is 14.9. The first-order valence-electron chi connectivity index (χ1n) is 12.1. The number of piperidine rings is 1. The van der Waals surface area contributed by atoms with E-state index in [-0.39, 0.29) is 30.9 Å². The van der Waals surface area contributed by atoms with Crippen LogP contribution in [0.4, 0.5) is 4.79 Å². The summed E-state index contributed by atoms with van der Waals surface area (Å²) in [5.41, 5.74) is 1.12. The number of furan rings is 1. The summed E-state index contributed by atoms with van der Waals surface area (Å²) in [6.45, 7) is 10.0. The van der Waals surface area contributed by atoms with Gasteiger partial charge >= 0.3 is 6.09 Å². The molecule has 0 radical (unpaired) electrons. The maximum absolute atomic E-state index is 13.0. The molecule has 180 valence electrons. The van der Waals surface area contributed by atoms with Crippen LogP contribution in [0.25, 0.3) is 0 Å². The fraction of sp³-hybridized carbons (Fsp3) is 0.577. The Hall–Kier alpha value is -2.51. The van der Waals surface area contributed by atoms with Crippen LogP contribution < -0.4 is 15.4 Å². The Morgan fingerprint density at radius 1 is 1.18 bits per heavy atom. The summed E-state index contributed by atoms with van der Waals surface area (Å²) in [5.74, 6) is 2.26. The molecule has 7 nitrogen and oxygen atoms in total. The summed E-state index contributed by atoms with van der Waals surface area (Å²) in [7, 11) is 0. The van der Waals surface area contributed by atoms with E-state index in [2.05, 4.69) is 38.3 Å². The van der Waals surface area contributed by atoms with Gasteiger partial charge in [-0.05, 0) is 42.0 Å². The van der Waals surface area contributed by atoms with Crippen LogP contribution >= 0.6 is 0 Å². The third-order valence-corrected chi connectivity index (χ3v) is 6.67. The lowest BCUT2D eigenvalue weighted by Crippen LogP contribution is -2.61. The summed E-state index contributed by atoms with van der Waals surface area (Å²) in [6.07, 6.45) is 3.38. The summed E-state index contributed by atoms with van der Waals surface area (Å²) in [5, 5.41) is 7.44. The van der Waals surface area contributed by atoms with Crippen LogP contribution in [0.3, 0.4) is 0 Å². The number of likely N-dealkylation sites (tertiary alicyclic amines) is 1. The van der Waals surface area contributed by atoms with Gasteiger partial charge in [0.15, 0.2) is 6.61 Å². The second-order valence-corrected chi connectivity index (χ2v) is 9.74. The number of amides is 1. The van der Waals surface area contributed by atoms with Crippen LogP contribution in [0.15, 0.2) is 47.1 Å². The molecular weight excluding hydrogens is 418 g/mol. The lowest BCUT2D eigenvalue weighted by Gasteiger charge is -2.44. The van der Waals surface area contributed by atoms with Crippen LogP contribution in [0.2, 0.25) is 0 Å². The smallest absolute Gasteiger partial charge is 0.410 e. The molecule has 2 saturated heterocycles. The fourth-order valence-electron chi connectivity index (χ4n) is 4.94. The molecule has 0 bridgehead atoms. The number of para-hydroxylation sites is 1. The zero-order valence-corrected chi connectivity index (χ0v) is 20.1. The highest BCUT2D eigenvalue weighted by molar-refractivity contribution is 5.68. The highest BCUT2D eigenvalue weighted by atomic mass is 16.6. The van der Waals surface area contributed by atoms with Gasteiger partial charge in [-0.3, -0.25) is 10.6 Å². The first-order chi connectivity index (χ1) is 15.9. The van der Waals surface area contributed by atoms with E-state index in [9.17, 15) is 4.79 Å². The van der Waals surface area contributed by atoms with Crippen LogP contribution in [-0.4, -0.2) is 48.4 Å². The van der Waals surface area contributed by atoms with Crippen molar-refractivity contribution in [2.45, 2.75) is 77.4 Å². The fourth-order valence-corrected chi connectivity index (χ4v) is 4.94. The van der Waals surface area contributed by atoms with Gasteiger partial charge in [-0.2, -0.15) is 0 Å². The highest BCUT2D eigenvalue weighted by Gasteiger charge is 2.46. The molecule has 4 atom stereocenters. The Morgan fingerprint density at radius 2 is 1.97 bits per heavy atom. The van der Waals surface area contributed by atoms with Crippen molar-refractivity contribution in [1.82, 2.24) is 15.5 Å². The maximum Gasteiger partial charge on any atom is 0.410 e. The molecule has 1 amide bonds. The molecule has 3 unspecified atom stereocenters. The van der Waals surface area contributed by atoms with Gasteiger partial charge in [-0.25, -0.2) is 4.79 Å². The standard InChI is InChI=1S/C26H37N3O4/c1-17(2)19-14-21(32-15-19)16-33-26(30)29-12-10-22-24(25(29)18(3)4)28-23(27-22)11-13-31-20-8-6-5-7-9-20/h5-9,14-15,17-18,22-25,27-28H,10-13,16H2,1-4H3/t22?,23-,24?,25?/m1/s1. The molecule has 2 aliphatic heterocycles. The first-order valence-corrected chi connectivity index (χ1v) is 12.1. The number of hydrogen-bond donors (Lipinski definition) is 2. The van der Waals surface area contributed by atoms with Crippen molar-refractivity contribution in [3.63, 3.8) is 0 Å². The second-order valence-electron chi connectivity index (χ2n) is 9.74. The van der Waals surface area contributed by atoms with E-state index >= 15 is 0 Å². The Morgan fingerprint density at radius 3 is 2.67 bits per heavy atom. The number of nitrogens with zero attached hydrogens (tertiary/aromatic N) is 1. The SMILES string of the molecule is CC(C)c1coc(COC(=O)N2CCC3N[C@@H](CCOc4ccccc4)NC3C2C(C)C)c1. The van der Waals surface area contributed by atoms with Crippen molar-refractivity contribution in [3.05, 3.63) is 54.0 Å². The maximum atomic E-state index is 13.0. The van der Waals surface area contributed by atoms with E-state index in [0.29, 0.717) is 36.8 Å². The topological polar surface area (TPSA) is 76.0 Å². The van der Waals surface area contributed by atoms with Gasteiger partial charge in [-0.1, -0.05) is 45.9 Å². The Kier molecular flexibility index (Phi) is 7.60. The molecule has 7 heteroatoms. The van der Waals surface area contributed by atoms with Gasteiger partial charge in [0.25, 0.3) is 0 Å². The van der Waals surface area contributed by atoms with E-state index in [0.717, 1.165) is 24.2 Å². The number of hydrogen-bond acceptors (Lipinski definition) is 6. The molecule has 0 spiro atoms. The van der Waals surface area contributed by atoms with Crippen molar-refractivity contribution in [1.29, 1.82) is 0 Å². The van der Waals surface area contributed by atoms with Gasteiger partial charge in [0.05, 0.1) is 25.1 Å². The molecule has 2 aromatic rings. The zero-order chi connectivity index (χ0) is 23.4. The molecule has 2 N–H and O–H groups in total. The van der Waals surface area contributed by atoms with Gasteiger partial charge in [0, 0.05) is 25.0 Å². The summed E-state index contributed by atoms with van der Waals surface area (Å²) >= 11 is 0. The van der Waals surface area contributed by atoms with Crippen LogP contribution in [0, 0.1) is 5.92 Å². The normalized spacial score (nSPS) is 24.8. The molecule has 2 fully saturated rings. The van der Waals surface area contributed by atoms with E-state index in [1.165, 1.54) is 0 Å². The van der Waals surface area contributed by atoms with E-state index in [1.54, 1.807) is 6.26 Å². The van der Waals surface area contributed by atoms with Crippen molar-refractivity contribution < 1.29 is 18.7 Å². The number of carbonyl (C=O) groups excluding carboxylic acids is 1. The quantitative estimate of drug-likeness (QED) is 0.611. The van der Waals surface area contributed by atoms with Gasteiger partial charge < -0.3 is 18.8 Å². The highest BCUT2D eigenvalue weighted by Crippen LogP contribution is 2.29. The average Bonchev–Trinajstić information content (AvgIpc) is 3.44.